The fraction of sp³-hybridized carbons (Fsp3) is 0.412. The van der Waals surface area contributed by atoms with E-state index < -0.39 is 6.36 Å². The smallest absolute Gasteiger partial charge is 0.405 e. The standard InChI is InChI=1S/C17H19F3N2O2S/c1-10-13(25-15(22-10)16(2,3)4)14(23)21-9-11-7-5-6-8-12(11)24-17(18,19)20/h5-8H,9H2,1-4H3,(H,21,23). The van der Waals surface area contributed by atoms with Crippen molar-refractivity contribution in [3.63, 3.8) is 0 Å². The van der Waals surface area contributed by atoms with Gasteiger partial charge in [0, 0.05) is 17.5 Å². The van der Waals surface area contributed by atoms with Gasteiger partial charge in [-0.15, -0.1) is 24.5 Å². The van der Waals surface area contributed by atoms with Gasteiger partial charge in [-0.1, -0.05) is 39.0 Å². The number of ether oxygens (including phenoxy) is 1. The average molecular weight is 372 g/mol. The summed E-state index contributed by atoms with van der Waals surface area (Å²) in [6.07, 6.45) is -4.78. The molecule has 0 bridgehead atoms. The van der Waals surface area contributed by atoms with Crippen molar-refractivity contribution in [1.82, 2.24) is 10.3 Å². The predicted octanol–water partition coefficient (Wildman–Crippen LogP) is 4.58. The molecule has 1 N–H and O–H groups in total. The van der Waals surface area contributed by atoms with Gasteiger partial charge < -0.3 is 10.1 Å². The van der Waals surface area contributed by atoms with Crippen LogP contribution in [0.4, 0.5) is 13.2 Å². The highest BCUT2D eigenvalue weighted by atomic mass is 32.1. The monoisotopic (exact) mass is 372 g/mol. The van der Waals surface area contributed by atoms with Crippen LogP contribution in [0.15, 0.2) is 24.3 Å². The maximum Gasteiger partial charge on any atom is 0.573 e. The first-order valence-electron chi connectivity index (χ1n) is 7.57. The lowest BCUT2D eigenvalue weighted by atomic mass is 9.98. The molecule has 2 aromatic rings. The Morgan fingerprint density at radius 3 is 2.44 bits per heavy atom. The summed E-state index contributed by atoms with van der Waals surface area (Å²) in [6, 6.07) is 5.71. The lowest BCUT2D eigenvalue weighted by Crippen LogP contribution is -2.24. The molecule has 25 heavy (non-hydrogen) atoms. The molecule has 0 saturated carbocycles. The number of nitrogens with one attached hydrogen (secondary N) is 1. The Kier molecular flexibility index (Phi) is 5.41. The van der Waals surface area contributed by atoms with E-state index in [4.69, 9.17) is 0 Å². The molecule has 1 aromatic carbocycles. The Bertz CT molecular complexity index is 764. The number of amides is 1. The topological polar surface area (TPSA) is 51.2 Å². The second-order valence-corrected chi connectivity index (χ2v) is 7.52. The van der Waals surface area contributed by atoms with Crippen molar-refractivity contribution >= 4 is 17.2 Å². The van der Waals surface area contributed by atoms with E-state index in [1.165, 1.54) is 29.5 Å². The molecule has 0 unspecified atom stereocenters. The summed E-state index contributed by atoms with van der Waals surface area (Å²) in [5.41, 5.74) is 0.667. The Morgan fingerprint density at radius 2 is 1.88 bits per heavy atom. The Balaban J connectivity index is 2.12. The third-order valence-electron chi connectivity index (χ3n) is 3.28. The van der Waals surface area contributed by atoms with Crippen LogP contribution in [-0.2, 0) is 12.0 Å². The summed E-state index contributed by atoms with van der Waals surface area (Å²) in [5.74, 6) is -0.695. The van der Waals surface area contributed by atoms with Crippen LogP contribution in [-0.4, -0.2) is 17.3 Å². The Hall–Kier alpha value is -2.09. The van der Waals surface area contributed by atoms with Gasteiger partial charge in [-0.2, -0.15) is 0 Å². The van der Waals surface area contributed by atoms with Crippen LogP contribution in [0.25, 0.3) is 0 Å². The van der Waals surface area contributed by atoms with E-state index in [0.29, 0.717) is 10.6 Å². The highest BCUT2D eigenvalue weighted by Crippen LogP contribution is 2.29. The molecule has 0 aliphatic carbocycles. The molecule has 2 rings (SSSR count). The number of carbonyl (C=O) groups is 1. The third-order valence-corrected chi connectivity index (χ3v) is 4.86. The second-order valence-electron chi connectivity index (χ2n) is 6.52. The number of hydrogen-bond acceptors (Lipinski definition) is 4. The van der Waals surface area contributed by atoms with Crippen LogP contribution in [0.5, 0.6) is 5.75 Å². The number of nitrogens with zero attached hydrogens (tertiary/aromatic N) is 1. The number of para-hydroxylation sites is 1. The lowest BCUT2D eigenvalue weighted by Gasteiger charge is -2.14. The fourth-order valence-electron chi connectivity index (χ4n) is 2.06. The maximum atomic E-state index is 12.4. The van der Waals surface area contributed by atoms with E-state index >= 15 is 0 Å². The van der Waals surface area contributed by atoms with Crippen molar-refractivity contribution in [2.45, 2.75) is 46.0 Å². The number of rotatable bonds is 4. The first-order chi connectivity index (χ1) is 11.5. The van der Waals surface area contributed by atoms with Gasteiger partial charge in [-0.3, -0.25) is 4.79 Å². The SMILES string of the molecule is Cc1nc(C(C)(C)C)sc1C(=O)NCc1ccccc1OC(F)(F)F. The number of benzene rings is 1. The zero-order valence-corrected chi connectivity index (χ0v) is 15.1. The molecule has 0 aliphatic rings. The summed E-state index contributed by atoms with van der Waals surface area (Å²) < 4.78 is 41.3. The molecule has 136 valence electrons. The van der Waals surface area contributed by atoms with Crippen molar-refractivity contribution in [3.8, 4) is 5.75 Å². The van der Waals surface area contributed by atoms with Gasteiger partial charge in [0.05, 0.1) is 10.7 Å². The normalized spacial score (nSPS) is 12.1. The highest BCUT2D eigenvalue weighted by molar-refractivity contribution is 7.14. The second kappa shape index (κ2) is 7.03. The highest BCUT2D eigenvalue weighted by Gasteiger charge is 2.32. The predicted molar refractivity (Wildman–Crippen MR) is 89.8 cm³/mol. The summed E-state index contributed by atoms with van der Waals surface area (Å²) in [6.45, 7) is 7.65. The van der Waals surface area contributed by atoms with E-state index in [-0.39, 0.29) is 29.2 Å². The minimum absolute atomic E-state index is 0.0761. The maximum absolute atomic E-state index is 12.4. The molecule has 0 aliphatic heterocycles. The molecule has 1 amide bonds. The van der Waals surface area contributed by atoms with Gasteiger partial charge in [-0.25, -0.2) is 4.98 Å². The number of alkyl halides is 3. The molecular weight excluding hydrogens is 353 g/mol. The van der Waals surface area contributed by atoms with Crippen LogP contribution in [0, 0.1) is 6.92 Å². The molecule has 1 heterocycles. The summed E-state index contributed by atoms with van der Waals surface area (Å²) in [4.78, 5) is 17.2. The van der Waals surface area contributed by atoms with Gasteiger partial charge in [-0.05, 0) is 13.0 Å². The summed E-state index contributed by atoms with van der Waals surface area (Å²) >= 11 is 1.29. The van der Waals surface area contributed by atoms with Crippen molar-refractivity contribution < 1.29 is 22.7 Å². The summed E-state index contributed by atoms with van der Waals surface area (Å²) in [7, 11) is 0. The zero-order valence-electron chi connectivity index (χ0n) is 14.3. The molecule has 0 spiro atoms. The lowest BCUT2D eigenvalue weighted by molar-refractivity contribution is -0.274. The largest absolute Gasteiger partial charge is 0.573 e. The minimum Gasteiger partial charge on any atom is -0.405 e. The van der Waals surface area contributed by atoms with E-state index in [9.17, 15) is 18.0 Å². The first kappa shape index (κ1) is 19.2. The van der Waals surface area contributed by atoms with Gasteiger partial charge in [0.25, 0.3) is 5.91 Å². The van der Waals surface area contributed by atoms with Crippen molar-refractivity contribution in [3.05, 3.63) is 45.4 Å². The van der Waals surface area contributed by atoms with Crippen LogP contribution in [0.3, 0.4) is 0 Å². The third kappa shape index (κ3) is 5.19. The average Bonchev–Trinajstić information content (AvgIpc) is 2.86. The van der Waals surface area contributed by atoms with E-state index in [1.54, 1.807) is 13.0 Å². The molecular formula is C17H19F3N2O2S. The van der Waals surface area contributed by atoms with Gasteiger partial charge in [0.15, 0.2) is 0 Å². The first-order valence-corrected chi connectivity index (χ1v) is 8.39. The molecule has 0 fully saturated rings. The van der Waals surface area contributed by atoms with Crippen molar-refractivity contribution in [2.24, 2.45) is 0 Å². The van der Waals surface area contributed by atoms with Crippen LogP contribution >= 0.6 is 11.3 Å². The molecule has 0 radical (unpaired) electrons. The number of carbonyl (C=O) groups excluding carboxylic acids is 1. The molecule has 4 nitrogen and oxygen atoms in total. The number of hydrogen-bond donors (Lipinski definition) is 1. The Morgan fingerprint density at radius 1 is 1.24 bits per heavy atom. The number of aryl methyl sites for hydroxylation is 1. The van der Waals surface area contributed by atoms with Gasteiger partial charge in [0.2, 0.25) is 0 Å². The number of thiazole rings is 1. The van der Waals surface area contributed by atoms with Crippen molar-refractivity contribution in [2.75, 3.05) is 0 Å². The van der Waals surface area contributed by atoms with Crippen LogP contribution in [0.2, 0.25) is 0 Å². The molecule has 0 saturated heterocycles. The zero-order chi connectivity index (χ0) is 18.8. The van der Waals surface area contributed by atoms with E-state index in [2.05, 4.69) is 15.0 Å². The number of halogens is 3. The van der Waals surface area contributed by atoms with Gasteiger partial charge >= 0.3 is 6.36 Å². The van der Waals surface area contributed by atoms with E-state index in [0.717, 1.165) is 5.01 Å². The molecule has 1 aromatic heterocycles. The number of aromatic nitrogens is 1. The Labute approximate surface area is 148 Å². The van der Waals surface area contributed by atoms with Gasteiger partial charge in [0.1, 0.15) is 10.6 Å². The summed E-state index contributed by atoms with van der Waals surface area (Å²) in [5, 5.41) is 3.46. The van der Waals surface area contributed by atoms with Crippen LogP contribution < -0.4 is 10.1 Å². The minimum atomic E-state index is -4.78. The molecule has 0 atom stereocenters. The fourth-order valence-corrected chi connectivity index (χ4v) is 3.10. The van der Waals surface area contributed by atoms with Crippen LogP contribution in [0.1, 0.15) is 46.7 Å². The quantitative estimate of drug-likeness (QED) is 0.855. The molecule has 8 heteroatoms. The van der Waals surface area contributed by atoms with Crippen molar-refractivity contribution in [1.29, 1.82) is 0 Å². The van der Waals surface area contributed by atoms with E-state index in [1.807, 2.05) is 20.8 Å².